The maximum atomic E-state index is 5.36. The molecule has 0 aliphatic carbocycles. The molecule has 1 fully saturated rings. The van der Waals surface area contributed by atoms with E-state index in [1.807, 2.05) is 0 Å². The van der Waals surface area contributed by atoms with Gasteiger partial charge in [-0.05, 0) is 13.0 Å². The summed E-state index contributed by atoms with van der Waals surface area (Å²) in [4.78, 5) is 2.38. The first-order valence-electron chi connectivity index (χ1n) is 3.56. The van der Waals surface area contributed by atoms with E-state index >= 15 is 0 Å². The van der Waals surface area contributed by atoms with E-state index in [9.17, 15) is 0 Å². The Hall–Kier alpha value is -0.120. The van der Waals surface area contributed by atoms with Crippen molar-refractivity contribution in [2.45, 2.75) is 6.42 Å². The highest BCUT2D eigenvalue weighted by molar-refractivity contribution is 4.65. The van der Waals surface area contributed by atoms with Crippen LogP contribution in [0.25, 0.3) is 0 Å². The lowest BCUT2D eigenvalue weighted by Crippen LogP contribution is -2.24. The summed E-state index contributed by atoms with van der Waals surface area (Å²) in [5.41, 5.74) is 5.36. The van der Waals surface area contributed by atoms with Gasteiger partial charge >= 0.3 is 0 Å². The zero-order valence-electron chi connectivity index (χ0n) is 5.77. The van der Waals surface area contributed by atoms with Crippen molar-refractivity contribution in [2.75, 3.05) is 32.8 Å². The molecule has 0 spiro atoms. The van der Waals surface area contributed by atoms with E-state index in [2.05, 4.69) is 10.2 Å². The van der Waals surface area contributed by atoms with Crippen LogP contribution in [0.4, 0.5) is 0 Å². The second-order valence-electron chi connectivity index (χ2n) is 2.42. The minimum atomic E-state index is 0.816. The minimum Gasteiger partial charge on any atom is -0.330 e. The highest BCUT2D eigenvalue weighted by atomic mass is 15.3. The summed E-state index contributed by atoms with van der Waals surface area (Å²) in [6, 6.07) is 0. The van der Waals surface area contributed by atoms with E-state index < -0.39 is 0 Å². The number of hydrogen-bond acceptors (Lipinski definition) is 3. The molecule has 0 aromatic rings. The second-order valence-corrected chi connectivity index (χ2v) is 2.42. The zero-order valence-corrected chi connectivity index (χ0v) is 5.77. The van der Waals surface area contributed by atoms with Gasteiger partial charge in [0.15, 0.2) is 0 Å². The van der Waals surface area contributed by atoms with Gasteiger partial charge in [0.1, 0.15) is 0 Å². The topological polar surface area (TPSA) is 41.3 Å². The first kappa shape index (κ1) is 6.99. The van der Waals surface area contributed by atoms with E-state index in [-0.39, 0.29) is 0 Å². The summed E-state index contributed by atoms with van der Waals surface area (Å²) < 4.78 is 0. The van der Waals surface area contributed by atoms with Crippen molar-refractivity contribution in [1.29, 1.82) is 0 Å². The molecule has 1 aliphatic heterocycles. The molecule has 3 N–H and O–H groups in total. The van der Waals surface area contributed by atoms with Crippen molar-refractivity contribution in [3.63, 3.8) is 0 Å². The van der Waals surface area contributed by atoms with Crippen molar-refractivity contribution in [2.24, 2.45) is 5.73 Å². The first-order chi connectivity index (χ1) is 4.43. The fraction of sp³-hybridized carbons (Fsp3) is 1.00. The normalized spacial score (nSPS) is 21.0. The third kappa shape index (κ3) is 2.30. The van der Waals surface area contributed by atoms with E-state index in [0.717, 1.165) is 32.7 Å². The lowest BCUT2D eigenvalue weighted by Gasteiger charge is -2.11. The molecule has 1 rings (SSSR count). The molecular formula is C6H15N3. The van der Waals surface area contributed by atoms with Crippen molar-refractivity contribution >= 4 is 0 Å². The minimum absolute atomic E-state index is 0.816. The van der Waals surface area contributed by atoms with Gasteiger partial charge in [-0.3, -0.25) is 4.90 Å². The molecule has 1 aliphatic rings. The van der Waals surface area contributed by atoms with Gasteiger partial charge in [-0.2, -0.15) is 0 Å². The van der Waals surface area contributed by atoms with E-state index in [1.54, 1.807) is 0 Å². The molecule has 54 valence electrons. The van der Waals surface area contributed by atoms with Crippen LogP contribution in [-0.2, 0) is 0 Å². The first-order valence-corrected chi connectivity index (χ1v) is 3.56. The molecule has 3 nitrogen and oxygen atoms in total. The van der Waals surface area contributed by atoms with E-state index in [4.69, 9.17) is 5.73 Å². The maximum Gasteiger partial charge on any atom is 0.0481 e. The molecular weight excluding hydrogens is 114 g/mol. The predicted octanol–water partition coefficient (Wildman–Crippen LogP) is -0.802. The van der Waals surface area contributed by atoms with Gasteiger partial charge in [-0.15, -0.1) is 0 Å². The van der Waals surface area contributed by atoms with E-state index in [1.165, 1.54) is 6.54 Å². The molecule has 9 heavy (non-hydrogen) atoms. The molecule has 0 aromatic carbocycles. The molecule has 0 bridgehead atoms. The Bertz CT molecular complexity index is 68.7. The van der Waals surface area contributed by atoms with Crippen LogP contribution in [-0.4, -0.2) is 37.7 Å². The summed E-state index contributed by atoms with van der Waals surface area (Å²) >= 11 is 0. The van der Waals surface area contributed by atoms with Gasteiger partial charge in [0, 0.05) is 26.3 Å². The largest absolute Gasteiger partial charge is 0.330 e. The molecule has 0 atom stereocenters. The molecule has 0 saturated carbocycles. The molecule has 3 heteroatoms. The number of nitrogens with one attached hydrogen (secondary N) is 1. The summed E-state index contributed by atoms with van der Waals surface area (Å²) in [5.74, 6) is 0. The van der Waals surface area contributed by atoms with Gasteiger partial charge in [0.2, 0.25) is 0 Å². The Morgan fingerprint density at radius 3 is 3.00 bits per heavy atom. The van der Waals surface area contributed by atoms with Gasteiger partial charge in [0.05, 0.1) is 0 Å². The Morgan fingerprint density at radius 1 is 1.56 bits per heavy atom. The van der Waals surface area contributed by atoms with E-state index in [0.29, 0.717) is 0 Å². The van der Waals surface area contributed by atoms with Crippen LogP contribution < -0.4 is 11.1 Å². The quantitative estimate of drug-likeness (QED) is 0.524. The monoisotopic (exact) mass is 129 g/mol. The van der Waals surface area contributed by atoms with Crippen molar-refractivity contribution in [3.05, 3.63) is 0 Å². The standard InChI is InChI=1S/C6H15N3/c7-2-1-4-9-5-3-8-6-9/h8H,1-7H2. The second kappa shape index (κ2) is 3.82. The number of hydrogen-bond donors (Lipinski definition) is 2. The molecule has 0 radical (unpaired) electrons. The SMILES string of the molecule is NCCCN1CCNC1. The third-order valence-electron chi connectivity index (χ3n) is 1.62. The fourth-order valence-corrected chi connectivity index (χ4v) is 1.06. The number of nitrogens with zero attached hydrogens (tertiary/aromatic N) is 1. The van der Waals surface area contributed by atoms with Crippen LogP contribution in [0, 0.1) is 0 Å². The Kier molecular flexibility index (Phi) is 2.97. The van der Waals surface area contributed by atoms with Crippen LogP contribution in [0.15, 0.2) is 0 Å². The fourth-order valence-electron chi connectivity index (χ4n) is 1.06. The van der Waals surface area contributed by atoms with Crippen LogP contribution >= 0.6 is 0 Å². The lowest BCUT2D eigenvalue weighted by molar-refractivity contribution is 0.332. The average molecular weight is 129 g/mol. The molecule has 1 heterocycles. The highest BCUT2D eigenvalue weighted by Gasteiger charge is 2.08. The highest BCUT2D eigenvalue weighted by Crippen LogP contribution is 1.92. The van der Waals surface area contributed by atoms with Crippen LogP contribution in [0.1, 0.15) is 6.42 Å². The summed E-state index contributed by atoms with van der Waals surface area (Å²) in [7, 11) is 0. The van der Waals surface area contributed by atoms with Gasteiger partial charge < -0.3 is 11.1 Å². The summed E-state index contributed by atoms with van der Waals surface area (Å²) in [6.07, 6.45) is 1.13. The van der Waals surface area contributed by atoms with Crippen molar-refractivity contribution in [1.82, 2.24) is 10.2 Å². The molecule has 1 saturated heterocycles. The van der Waals surface area contributed by atoms with Crippen molar-refractivity contribution < 1.29 is 0 Å². The molecule has 0 amide bonds. The molecule has 0 aromatic heterocycles. The Morgan fingerprint density at radius 2 is 2.44 bits per heavy atom. The van der Waals surface area contributed by atoms with Gasteiger partial charge in [-0.1, -0.05) is 0 Å². The smallest absolute Gasteiger partial charge is 0.0481 e. The summed E-state index contributed by atoms with van der Waals surface area (Å²) in [6.45, 7) is 5.37. The van der Waals surface area contributed by atoms with Gasteiger partial charge in [0.25, 0.3) is 0 Å². The zero-order chi connectivity index (χ0) is 6.53. The van der Waals surface area contributed by atoms with Gasteiger partial charge in [-0.25, -0.2) is 0 Å². The average Bonchev–Trinajstić information content (AvgIpc) is 2.34. The molecule has 0 unspecified atom stereocenters. The van der Waals surface area contributed by atoms with Crippen LogP contribution in [0.3, 0.4) is 0 Å². The Balaban J connectivity index is 1.98. The van der Waals surface area contributed by atoms with Crippen molar-refractivity contribution in [3.8, 4) is 0 Å². The third-order valence-corrected chi connectivity index (χ3v) is 1.62. The van der Waals surface area contributed by atoms with Crippen LogP contribution in [0.2, 0.25) is 0 Å². The van der Waals surface area contributed by atoms with Crippen LogP contribution in [0.5, 0.6) is 0 Å². The number of nitrogens with two attached hydrogens (primary N) is 1. The predicted molar refractivity (Wildman–Crippen MR) is 38.1 cm³/mol. The lowest BCUT2D eigenvalue weighted by atomic mass is 10.4. The number of rotatable bonds is 3. The Labute approximate surface area is 56.2 Å². The maximum absolute atomic E-state index is 5.36. The summed E-state index contributed by atoms with van der Waals surface area (Å²) in [5, 5.41) is 3.27.